The molecule has 0 aromatic rings. The molecule has 1 unspecified atom stereocenters. The molecular formula is C17H36NNaO8S. The van der Waals surface area contributed by atoms with Gasteiger partial charge in [0.05, 0.1) is 0 Å². The Morgan fingerprint density at radius 2 is 1.29 bits per heavy atom. The summed E-state index contributed by atoms with van der Waals surface area (Å²) in [4.78, 5) is 19.9. The van der Waals surface area contributed by atoms with Gasteiger partial charge in [-0.25, -0.2) is 0 Å². The number of carboxylic acids is 2. The smallest absolute Gasteiger partial charge is 0.481 e. The molecule has 0 aliphatic carbocycles. The predicted octanol–water partition coefficient (Wildman–Crippen LogP) is 0.356. The summed E-state index contributed by atoms with van der Waals surface area (Å²) in [6.07, 6.45) is 13.7. The van der Waals surface area contributed by atoms with Crippen molar-refractivity contribution in [2.75, 3.05) is 0 Å². The minimum atomic E-state index is -4.67. The second kappa shape index (κ2) is 24.8. The summed E-state index contributed by atoms with van der Waals surface area (Å²) in [5, 5.41) is 16.3. The third-order valence-corrected chi connectivity index (χ3v) is 3.34. The van der Waals surface area contributed by atoms with Crippen LogP contribution in [-0.4, -0.2) is 45.7 Å². The van der Waals surface area contributed by atoms with Gasteiger partial charge in [-0.15, -0.1) is 0 Å². The molecule has 0 saturated carbocycles. The van der Waals surface area contributed by atoms with Gasteiger partial charge in [-0.05, 0) is 6.42 Å². The third kappa shape index (κ3) is 50.1. The topological polar surface area (TPSA) is 175 Å². The molecule has 0 aliphatic rings. The molecule has 164 valence electrons. The summed E-state index contributed by atoms with van der Waals surface area (Å²) < 4.78 is 31.6. The zero-order chi connectivity index (χ0) is 21.7. The fraction of sp³-hybridized carbons (Fsp3) is 0.824. The molecule has 9 nitrogen and oxygen atoms in total. The Balaban J connectivity index is -0.000000163. The van der Waals surface area contributed by atoms with Gasteiger partial charge in [-0.2, -0.15) is 14.8 Å². The van der Waals surface area contributed by atoms with E-state index in [1.54, 1.807) is 0 Å². The van der Waals surface area contributed by atoms with Gasteiger partial charge in [0.2, 0.25) is 0 Å². The molecule has 0 aromatic carbocycles. The maximum atomic E-state index is 9.99. The number of rotatable bonds is 13. The van der Waals surface area contributed by atoms with Crippen molar-refractivity contribution in [3.05, 3.63) is 6.92 Å². The molecule has 0 aromatic heterocycles. The first-order valence-corrected chi connectivity index (χ1v) is 10.5. The van der Waals surface area contributed by atoms with Crippen LogP contribution in [0.2, 0.25) is 0 Å². The van der Waals surface area contributed by atoms with Crippen LogP contribution in [0.15, 0.2) is 0 Å². The van der Waals surface area contributed by atoms with Gasteiger partial charge in [0.25, 0.3) is 0 Å². The van der Waals surface area contributed by atoms with E-state index in [0.717, 1.165) is 6.42 Å². The predicted molar refractivity (Wildman–Crippen MR) is 104 cm³/mol. The fourth-order valence-corrected chi connectivity index (χ4v) is 1.89. The number of hydrogen-bond donors (Lipinski definition) is 5. The molecule has 0 aliphatic heterocycles. The number of nitrogens with two attached hydrogens (primary N) is 1. The minimum absolute atomic E-state index is 0. The molecule has 0 fully saturated rings. The molecule has 28 heavy (non-hydrogen) atoms. The van der Waals surface area contributed by atoms with Gasteiger partial charge in [0.15, 0.2) is 0 Å². The number of aliphatic carboxylic acids is 2. The molecular weight excluding hydrogens is 401 g/mol. The van der Waals surface area contributed by atoms with Crippen LogP contribution < -0.4 is 35.3 Å². The Bertz CT molecular complexity index is 442. The summed E-state index contributed by atoms with van der Waals surface area (Å²) >= 11 is 0. The van der Waals surface area contributed by atoms with E-state index >= 15 is 0 Å². The van der Waals surface area contributed by atoms with E-state index in [2.05, 4.69) is 13.8 Å². The maximum absolute atomic E-state index is 9.99. The van der Waals surface area contributed by atoms with Crippen molar-refractivity contribution >= 4 is 22.3 Å². The van der Waals surface area contributed by atoms with Crippen molar-refractivity contribution in [1.82, 2.24) is 0 Å². The van der Waals surface area contributed by atoms with Crippen LogP contribution in [0.5, 0.6) is 0 Å². The maximum Gasteiger partial charge on any atom is 1.00 e. The van der Waals surface area contributed by atoms with E-state index in [1.165, 1.54) is 57.8 Å². The number of hydrogen-bond acceptors (Lipinski definition) is 5. The Labute approximate surface area is 191 Å². The van der Waals surface area contributed by atoms with Crippen molar-refractivity contribution in [3.63, 3.8) is 0 Å². The SMILES string of the molecule is NC(CCC(=O)O)C(=O)O.O=S(=O)(O)O.[CH2-]CCCCCCCCCCC.[Na+]. The first-order valence-electron chi connectivity index (χ1n) is 9.14. The Hall–Kier alpha value is -0.230. The molecule has 6 N–H and O–H groups in total. The molecule has 11 heteroatoms. The van der Waals surface area contributed by atoms with Crippen molar-refractivity contribution in [2.45, 2.75) is 90.0 Å². The zero-order valence-electron chi connectivity index (χ0n) is 17.2. The van der Waals surface area contributed by atoms with Crippen LogP contribution in [0.25, 0.3) is 0 Å². The molecule has 1 atom stereocenters. The number of unbranched alkanes of at least 4 members (excludes halogenated alkanes) is 9. The molecule has 0 spiro atoms. The van der Waals surface area contributed by atoms with Gasteiger partial charge in [0.1, 0.15) is 6.04 Å². The second-order valence-electron chi connectivity index (χ2n) is 6.01. The van der Waals surface area contributed by atoms with Gasteiger partial charge < -0.3 is 22.9 Å². The van der Waals surface area contributed by atoms with Crippen molar-refractivity contribution in [1.29, 1.82) is 0 Å². The molecule has 0 radical (unpaired) electrons. The fourth-order valence-electron chi connectivity index (χ4n) is 1.89. The largest absolute Gasteiger partial charge is 1.00 e. The van der Waals surface area contributed by atoms with Gasteiger partial charge >= 0.3 is 51.9 Å². The monoisotopic (exact) mass is 437 g/mol. The summed E-state index contributed by atoms with van der Waals surface area (Å²) in [6, 6.07) is -1.06. The molecule has 0 bridgehead atoms. The van der Waals surface area contributed by atoms with E-state index in [9.17, 15) is 9.59 Å². The first kappa shape index (κ1) is 35.2. The number of carboxylic acid groups (broad SMARTS) is 2. The number of carbonyl (C=O) groups is 2. The zero-order valence-corrected chi connectivity index (χ0v) is 20.0. The van der Waals surface area contributed by atoms with E-state index in [0.29, 0.717) is 0 Å². The normalized spacial score (nSPS) is 11.0. The quantitative estimate of drug-likeness (QED) is 0.118. The van der Waals surface area contributed by atoms with Crippen molar-refractivity contribution < 1.29 is 66.9 Å². The Kier molecular flexibility index (Phi) is 31.2. The molecule has 0 saturated heterocycles. The summed E-state index contributed by atoms with van der Waals surface area (Å²) in [6.45, 7) is 6.12. The summed E-state index contributed by atoms with van der Waals surface area (Å²) in [5.41, 5.74) is 5.00. The molecule has 0 amide bonds. The van der Waals surface area contributed by atoms with Crippen LogP contribution in [0.4, 0.5) is 0 Å². The third-order valence-electron chi connectivity index (χ3n) is 3.34. The summed E-state index contributed by atoms with van der Waals surface area (Å²) in [5.74, 6) is -2.20. The Morgan fingerprint density at radius 1 is 0.929 bits per heavy atom. The first-order chi connectivity index (χ1) is 12.5. The molecule has 0 rings (SSSR count). The van der Waals surface area contributed by atoms with Crippen LogP contribution in [0.3, 0.4) is 0 Å². The van der Waals surface area contributed by atoms with E-state index in [4.69, 9.17) is 33.5 Å². The molecule has 0 heterocycles. The van der Waals surface area contributed by atoms with Crippen LogP contribution in [-0.2, 0) is 20.0 Å². The second-order valence-corrected chi connectivity index (χ2v) is 6.90. The van der Waals surface area contributed by atoms with E-state index in [-0.39, 0.29) is 42.4 Å². The van der Waals surface area contributed by atoms with E-state index in [1.807, 2.05) is 0 Å². The van der Waals surface area contributed by atoms with Gasteiger partial charge in [0, 0.05) is 6.42 Å². The van der Waals surface area contributed by atoms with Crippen molar-refractivity contribution in [2.24, 2.45) is 5.73 Å². The van der Waals surface area contributed by atoms with Crippen LogP contribution >= 0.6 is 0 Å². The standard InChI is InChI=1S/C12H25.C5H9NO4.Na.H2O4S/c1-3-5-7-9-11-12-10-8-6-4-2;6-3(5(9)10)1-2-4(7)8;;1-5(2,3)4/h1,3-12H2,2H3;3H,1-2,6H2,(H,7,8)(H,9,10);;(H2,1,2,3,4)/q-1;;+1;. The van der Waals surface area contributed by atoms with E-state index < -0.39 is 28.4 Å². The Morgan fingerprint density at radius 3 is 1.57 bits per heavy atom. The van der Waals surface area contributed by atoms with Crippen LogP contribution in [0.1, 0.15) is 84.0 Å². The average Bonchev–Trinajstić information content (AvgIpc) is 2.54. The van der Waals surface area contributed by atoms with Crippen molar-refractivity contribution in [3.8, 4) is 0 Å². The van der Waals surface area contributed by atoms with Gasteiger partial charge in [-0.3, -0.25) is 18.7 Å². The average molecular weight is 438 g/mol. The summed E-state index contributed by atoms with van der Waals surface area (Å²) in [7, 11) is -4.67. The van der Waals surface area contributed by atoms with Gasteiger partial charge in [-0.1, -0.05) is 64.7 Å². The minimum Gasteiger partial charge on any atom is -0.481 e. The van der Waals surface area contributed by atoms with Crippen LogP contribution in [0, 0.1) is 6.92 Å².